The first-order valence-electron chi connectivity index (χ1n) is 10.8. The van der Waals surface area contributed by atoms with E-state index in [-0.39, 0.29) is 12.1 Å². The number of carboxylic acids is 1. The first kappa shape index (κ1) is 22.0. The summed E-state index contributed by atoms with van der Waals surface area (Å²) in [5, 5.41) is 11.1. The van der Waals surface area contributed by atoms with Gasteiger partial charge in [0.2, 0.25) is 5.89 Å². The average molecular weight is 437 g/mol. The van der Waals surface area contributed by atoms with E-state index in [4.69, 9.17) is 19.1 Å². The van der Waals surface area contributed by atoms with Crippen LogP contribution >= 0.6 is 0 Å². The van der Waals surface area contributed by atoms with Crippen LogP contribution in [-0.2, 0) is 16.2 Å². The largest absolute Gasteiger partial charge is 0.479 e. The Morgan fingerprint density at radius 3 is 2.47 bits per heavy atom. The van der Waals surface area contributed by atoms with E-state index < -0.39 is 12.1 Å². The Balaban J connectivity index is 1.36. The van der Waals surface area contributed by atoms with Gasteiger partial charge in [-0.2, -0.15) is 5.06 Å². The highest BCUT2D eigenvalue weighted by Gasteiger charge is 2.46. The van der Waals surface area contributed by atoms with Crippen LogP contribution in [0.15, 0.2) is 52.9 Å². The Hall–Kier alpha value is -3.16. The SMILES string of the molecule is CCC(Oc1ccc(C2C(C)N2OCc2nc(-c3ccc(C)cc3)oc2C)cc1)C(=O)O. The van der Waals surface area contributed by atoms with Crippen LogP contribution in [0.4, 0.5) is 0 Å². The molecule has 7 heteroatoms. The van der Waals surface area contributed by atoms with Gasteiger partial charge in [0.05, 0.1) is 12.1 Å². The Bertz CT molecular complexity index is 1070. The minimum Gasteiger partial charge on any atom is -0.479 e. The van der Waals surface area contributed by atoms with Gasteiger partial charge < -0.3 is 14.3 Å². The van der Waals surface area contributed by atoms with Crippen molar-refractivity contribution in [1.82, 2.24) is 10.0 Å². The number of hydroxylamine groups is 2. The zero-order chi connectivity index (χ0) is 22.8. The van der Waals surface area contributed by atoms with Gasteiger partial charge in [-0.15, -0.1) is 0 Å². The lowest BCUT2D eigenvalue weighted by Gasteiger charge is -2.13. The molecule has 0 aliphatic carbocycles. The van der Waals surface area contributed by atoms with Gasteiger partial charge in [-0.05, 0) is 57.0 Å². The average Bonchev–Trinajstić information content (AvgIpc) is 3.27. The van der Waals surface area contributed by atoms with Crippen molar-refractivity contribution in [3.8, 4) is 17.2 Å². The summed E-state index contributed by atoms with van der Waals surface area (Å²) in [5.74, 6) is 0.933. The molecule has 0 radical (unpaired) electrons. The fourth-order valence-corrected chi connectivity index (χ4v) is 3.68. The van der Waals surface area contributed by atoms with Gasteiger partial charge in [0, 0.05) is 5.56 Å². The van der Waals surface area contributed by atoms with E-state index in [1.54, 1.807) is 19.1 Å². The van der Waals surface area contributed by atoms with E-state index in [2.05, 4.69) is 11.9 Å². The highest BCUT2D eigenvalue weighted by atomic mass is 16.7. The number of nitrogens with zero attached hydrogens (tertiary/aromatic N) is 2. The lowest BCUT2D eigenvalue weighted by molar-refractivity contribution is -0.145. The van der Waals surface area contributed by atoms with Gasteiger partial charge >= 0.3 is 5.97 Å². The summed E-state index contributed by atoms with van der Waals surface area (Å²) in [6.45, 7) is 8.16. The lowest BCUT2D eigenvalue weighted by Crippen LogP contribution is -2.25. The topological polar surface area (TPSA) is 84.8 Å². The molecule has 3 aromatic rings. The number of aromatic nitrogens is 1. The van der Waals surface area contributed by atoms with E-state index in [1.165, 1.54) is 5.56 Å². The third-order valence-corrected chi connectivity index (χ3v) is 5.73. The van der Waals surface area contributed by atoms with Gasteiger partial charge in [0.15, 0.2) is 6.10 Å². The van der Waals surface area contributed by atoms with Gasteiger partial charge in [-0.3, -0.25) is 4.84 Å². The van der Waals surface area contributed by atoms with E-state index in [0.29, 0.717) is 24.7 Å². The van der Waals surface area contributed by atoms with Crippen LogP contribution in [0.3, 0.4) is 0 Å². The molecule has 4 rings (SSSR count). The minimum atomic E-state index is -0.958. The van der Waals surface area contributed by atoms with Gasteiger partial charge in [0.1, 0.15) is 23.8 Å². The normalized spacial score (nSPS) is 20.7. The molecule has 0 amide bonds. The Morgan fingerprint density at radius 1 is 1.16 bits per heavy atom. The van der Waals surface area contributed by atoms with Gasteiger partial charge in [0.25, 0.3) is 0 Å². The molecule has 1 N–H and O–H groups in total. The van der Waals surface area contributed by atoms with Crippen LogP contribution in [0, 0.1) is 13.8 Å². The highest BCUT2D eigenvalue weighted by Crippen LogP contribution is 2.43. The molecule has 1 fully saturated rings. The second kappa shape index (κ2) is 9.14. The van der Waals surface area contributed by atoms with E-state index in [0.717, 1.165) is 22.6 Å². The van der Waals surface area contributed by atoms with Crippen LogP contribution in [0.2, 0.25) is 0 Å². The first-order valence-corrected chi connectivity index (χ1v) is 10.8. The zero-order valence-corrected chi connectivity index (χ0v) is 18.7. The van der Waals surface area contributed by atoms with Crippen molar-refractivity contribution in [3.63, 3.8) is 0 Å². The van der Waals surface area contributed by atoms with E-state index in [9.17, 15) is 4.79 Å². The molecule has 4 atom stereocenters. The number of hydrogen-bond acceptors (Lipinski definition) is 6. The molecule has 0 bridgehead atoms. The smallest absolute Gasteiger partial charge is 0.344 e. The van der Waals surface area contributed by atoms with Gasteiger partial charge in [-0.1, -0.05) is 36.8 Å². The molecule has 1 aliphatic heterocycles. The van der Waals surface area contributed by atoms with Crippen molar-refractivity contribution in [2.45, 2.75) is 58.9 Å². The number of carboxylic acid groups (broad SMARTS) is 1. The van der Waals surface area contributed by atoms with Crippen molar-refractivity contribution < 1.29 is 23.9 Å². The number of oxazole rings is 1. The number of rotatable bonds is 9. The van der Waals surface area contributed by atoms with Crippen LogP contribution in [0.1, 0.15) is 48.9 Å². The maximum Gasteiger partial charge on any atom is 0.344 e. The molecule has 2 heterocycles. The fourth-order valence-electron chi connectivity index (χ4n) is 3.68. The molecule has 168 valence electrons. The molecular formula is C25H28N2O5. The molecule has 32 heavy (non-hydrogen) atoms. The van der Waals surface area contributed by atoms with Crippen LogP contribution < -0.4 is 4.74 Å². The van der Waals surface area contributed by atoms with Crippen LogP contribution in [0.5, 0.6) is 5.75 Å². The Kier molecular flexibility index (Phi) is 6.30. The van der Waals surface area contributed by atoms with Crippen molar-refractivity contribution in [3.05, 3.63) is 71.1 Å². The first-order chi connectivity index (χ1) is 15.4. The molecule has 0 saturated carbocycles. The Morgan fingerprint density at radius 2 is 1.84 bits per heavy atom. The number of carbonyl (C=O) groups is 1. The summed E-state index contributed by atoms with van der Waals surface area (Å²) < 4.78 is 11.4. The summed E-state index contributed by atoms with van der Waals surface area (Å²) in [6, 6.07) is 15.9. The maximum absolute atomic E-state index is 11.2. The fraction of sp³-hybridized carbons (Fsp3) is 0.360. The van der Waals surface area contributed by atoms with E-state index in [1.807, 2.05) is 55.3 Å². The maximum atomic E-state index is 11.2. The minimum absolute atomic E-state index is 0.134. The third kappa shape index (κ3) is 4.69. The summed E-state index contributed by atoms with van der Waals surface area (Å²) in [7, 11) is 0. The van der Waals surface area contributed by atoms with E-state index >= 15 is 0 Å². The highest BCUT2D eigenvalue weighted by molar-refractivity contribution is 5.72. The van der Waals surface area contributed by atoms with Crippen LogP contribution in [0.25, 0.3) is 11.5 Å². The standard InChI is InChI=1S/C25H28N2O5/c1-5-22(25(28)29)32-20-12-10-18(11-13-20)23-16(3)27(23)30-14-21-17(4)31-24(26-21)19-8-6-15(2)7-9-19/h6-13,16,22-23H,5,14H2,1-4H3,(H,28,29). The molecule has 2 aromatic carbocycles. The number of hydrogen-bond donors (Lipinski definition) is 1. The summed E-state index contributed by atoms with van der Waals surface area (Å²) in [6.07, 6.45) is -0.429. The summed E-state index contributed by atoms with van der Waals surface area (Å²) >= 11 is 0. The molecule has 7 nitrogen and oxygen atoms in total. The number of benzene rings is 2. The molecule has 0 spiro atoms. The van der Waals surface area contributed by atoms with Crippen molar-refractivity contribution in [2.75, 3.05) is 0 Å². The monoisotopic (exact) mass is 436 g/mol. The van der Waals surface area contributed by atoms with Crippen molar-refractivity contribution in [1.29, 1.82) is 0 Å². The number of ether oxygens (including phenoxy) is 1. The quantitative estimate of drug-likeness (QED) is 0.468. The molecular weight excluding hydrogens is 408 g/mol. The third-order valence-electron chi connectivity index (χ3n) is 5.73. The molecule has 1 saturated heterocycles. The predicted octanol–water partition coefficient (Wildman–Crippen LogP) is 5.08. The second-order valence-corrected chi connectivity index (χ2v) is 8.13. The van der Waals surface area contributed by atoms with Crippen molar-refractivity contribution in [2.24, 2.45) is 0 Å². The Labute approximate surface area is 187 Å². The molecule has 1 aromatic heterocycles. The van der Waals surface area contributed by atoms with Gasteiger partial charge in [-0.25, -0.2) is 9.78 Å². The molecule has 4 unspecified atom stereocenters. The number of aryl methyl sites for hydroxylation is 2. The second-order valence-electron chi connectivity index (χ2n) is 8.13. The van der Waals surface area contributed by atoms with Crippen LogP contribution in [-0.4, -0.2) is 33.3 Å². The molecule has 1 aliphatic rings. The summed E-state index contributed by atoms with van der Waals surface area (Å²) in [5.41, 5.74) is 4.00. The lowest BCUT2D eigenvalue weighted by atomic mass is 10.1. The zero-order valence-electron chi connectivity index (χ0n) is 18.7. The van der Waals surface area contributed by atoms with Crippen molar-refractivity contribution >= 4 is 5.97 Å². The summed E-state index contributed by atoms with van der Waals surface area (Å²) in [4.78, 5) is 21.8. The predicted molar refractivity (Wildman–Crippen MR) is 119 cm³/mol. The number of aliphatic carboxylic acids is 1.